The molecular formula is C15H16ClFN4O2. The Bertz CT molecular complexity index is 749. The highest BCUT2D eigenvalue weighted by Crippen LogP contribution is 2.22. The standard InChI is InChI=1S/C15H16ClFN4O2/c1-9-14(15(23)20-5-4-10(7-20)8-22)18-19-21(9)13-3-2-11(16)6-12(13)17/h2-3,6,10,22H,4-5,7-8H2,1H3. The molecule has 1 aliphatic rings. The molecule has 0 aliphatic carbocycles. The third-order valence-corrected chi connectivity index (χ3v) is 4.30. The second-order valence-electron chi connectivity index (χ2n) is 5.62. The molecule has 0 spiro atoms. The molecule has 1 fully saturated rings. The lowest BCUT2D eigenvalue weighted by Crippen LogP contribution is -2.30. The van der Waals surface area contributed by atoms with Gasteiger partial charge in [0, 0.05) is 30.6 Å². The second-order valence-corrected chi connectivity index (χ2v) is 6.06. The van der Waals surface area contributed by atoms with Crippen molar-refractivity contribution in [2.24, 2.45) is 5.92 Å². The van der Waals surface area contributed by atoms with Gasteiger partial charge in [0.25, 0.3) is 5.91 Å². The second kappa shape index (κ2) is 6.25. The Morgan fingerprint density at radius 1 is 1.52 bits per heavy atom. The quantitative estimate of drug-likeness (QED) is 0.926. The fourth-order valence-corrected chi connectivity index (χ4v) is 2.88. The molecule has 122 valence electrons. The van der Waals surface area contributed by atoms with E-state index in [1.165, 1.54) is 16.8 Å². The molecule has 1 amide bonds. The van der Waals surface area contributed by atoms with Gasteiger partial charge in [-0.15, -0.1) is 5.10 Å². The van der Waals surface area contributed by atoms with Crippen molar-refractivity contribution >= 4 is 17.5 Å². The van der Waals surface area contributed by atoms with Crippen molar-refractivity contribution in [1.29, 1.82) is 0 Å². The number of carbonyl (C=O) groups excluding carboxylic acids is 1. The van der Waals surface area contributed by atoms with E-state index in [0.29, 0.717) is 18.8 Å². The van der Waals surface area contributed by atoms with Gasteiger partial charge in [0.1, 0.15) is 11.5 Å². The van der Waals surface area contributed by atoms with Crippen molar-refractivity contribution in [1.82, 2.24) is 19.9 Å². The molecule has 2 heterocycles. The van der Waals surface area contributed by atoms with Crippen LogP contribution in [0.3, 0.4) is 0 Å². The molecule has 23 heavy (non-hydrogen) atoms. The Morgan fingerprint density at radius 3 is 2.96 bits per heavy atom. The maximum atomic E-state index is 14.0. The molecule has 3 rings (SSSR count). The van der Waals surface area contributed by atoms with Crippen LogP contribution in [0.1, 0.15) is 22.6 Å². The van der Waals surface area contributed by atoms with Crippen LogP contribution in [0.15, 0.2) is 18.2 Å². The monoisotopic (exact) mass is 338 g/mol. The molecule has 2 aromatic rings. The molecule has 8 heteroatoms. The lowest BCUT2D eigenvalue weighted by atomic mass is 10.1. The summed E-state index contributed by atoms with van der Waals surface area (Å²) in [6, 6.07) is 4.23. The average Bonchev–Trinajstić information content (AvgIpc) is 3.14. The molecule has 1 aromatic heterocycles. The fourth-order valence-electron chi connectivity index (χ4n) is 2.72. The van der Waals surface area contributed by atoms with Crippen molar-refractivity contribution in [2.75, 3.05) is 19.7 Å². The molecule has 1 unspecified atom stereocenters. The number of halogens is 2. The molecule has 1 aliphatic heterocycles. The summed E-state index contributed by atoms with van der Waals surface area (Å²) in [5.74, 6) is -0.687. The zero-order chi connectivity index (χ0) is 16.6. The van der Waals surface area contributed by atoms with Crippen LogP contribution in [0.5, 0.6) is 0 Å². The fraction of sp³-hybridized carbons (Fsp3) is 0.400. The molecule has 1 saturated heterocycles. The Morgan fingerprint density at radius 2 is 2.30 bits per heavy atom. The van der Waals surface area contributed by atoms with E-state index >= 15 is 0 Å². The number of likely N-dealkylation sites (tertiary alicyclic amines) is 1. The topological polar surface area (TPSA) is 71.2 Å². The summed E-state index contributed by atoms with van der Waals surface area (Å²) < 4.78 is 15.3. The molecule has 1 atom stereocenters. The van der Waals surface area contributed by atoms with Crippen molar-refractivity contribution in [3.8, 4) is 5.69 Å². The number of nitrogens with zero attached hydrogens (tertiary/aromatic N) is 4. The molecule has 1 N–H and O–H groups in total. The van der Waals surface area contributed by atoms with Gasteiger partial charge in [-0.3, -0.25) is 4.79 Å². The third-order valence-electron chi connectivity index (χ3n) is 4.07. The molecule has 0 radical (unpaired) electrons. The van der Waals surface area contributed by atoms with Gasteiger partial charge < -0.3 is 10.0 Å². The predicted octanol–water partition coefficient (Wildman–Crippen LogP) is 1.82. The maximum absolute atomic E-state index is 14.0. The van der Waals surface area contributed by atoms with Crippen molar-refractivity contribution in [2.45, 2.75) is 13.3 Å². The Kier molecular flexibility index (Phi) is 4.32. The highest BCUT2D eigenvalue weighted by molar-refractivity contribution is 6.30. The van der Waals surface area contributed by atoms with Crippen LogP contribution >= 0.6 is 11.6 Å². The van der Waals surface area contributed by atoms with Gasteiger partial charge in [0.05, 0.1) is 5.69 Å². The van der Waals surface area contributed by atoms with Crippen LogP contribution in [0, 0.1) is 18.7 Å². The first kappa shape index (κ1) is 15.9. The molecule has 6 nitrogen and oxygen atoms in total. The van der Waals surface area contributed by atoms with Crippen LogP contribution < -0.4 is 0 Å². The number of aliphatic hydroxyl groups is 1. The van der Waals surface area contributed by atoms with E-state index in [-0.39, 0.29) is 34.8 Å². The Labute approximate surface area is 137 Å². The largest absolute Gasteiger partial charge is 0.396 e. The molecule has 1 aromatic carbocycles. The minimum Gasteiger partial charge on any atom is -0.396 e. The first-order valence-corrected chi connectivity index (χ1v) is 7.67. The number of amides is 1. The number of aromatic nitrogens is 3. The molecule has 0 bridgehead atoms. The van der Waals surface area contributed by atoms with E-state index in [9.17, 15) is 14.3 Å². The zero-order valence-electron chi connectivity index (χ0n) is 12.5. The van der Waals surface area contributed by atoms with Crippen LogP contribution in [0.4, 0.5) is 4.39 Å². The number of hydrogen-bond acceptors (Lipinski definition) is 4. The minimum atomic E-state index is -0.536. The summed E-state index contributed by atoms with van der Waals surface area (Å²) in [5, 5.41) is 17.3. The summed E-state index contributed by atoms with van der Waals surface area (Å²) in [5.41, 5.74) is 0.842. The van der Waals surface area contributed by atoms with Crippen LogP contribution in [0.2, 0.25) is 5.02 Å². The van der Waals surface area contributed by atoms with E-state index in [1.807, 2.05) is 0 Å². The Balaban J connectivity index is 1.89. The number of carbonyl (C=O) groups is 1. The van der Waals surface area contributed by atoms with Gasteiger partial charge in [-0.25, -0.2) is 9.07 Å². The van der Waals surface area contributed by atoms with E-state index in [0.717, 1.165) is 6.42 Å². The molecular weight excluding hydrogens is 323 g/mol. The normalized spacial score (nSPS) is 17.7. The summed E-state index contributed by atoms with van der Waals surface area (Å²) >= 11 is 5.75. The highest BCUT2D eigenvalue weighted by Gasteiger charge is 2.29. The van der Waals surface area contributed by atoms with Gasteiger partial charge in [-0.1, -0.05) is 16.8 Å². The predicted molar refractivity (Wildman–Crippen MR) is 82.2 cm³/mol. The Hall–Kier alpha value is -1.99. The van der Waals surface area contributed by atoms with Crippen molar-refractivity contribution in [3.05, 3.63) is 40.4 Å². The smallest absolute Gasteiger partial charge is 0.276 e. The lowest BCUT2D eigenvalue weighted by Gasteiger charge is -2.15. The summed E-state index contributed by atoms with van der Waals surface area (Å²) in [6.07, 6.45) is 0.765. The van der Waals surface area contributed by atoms with E-state index < -0.39 is 5.82 Å². The summed E-state index contributed by atoms with van der Waals surface area (Å²) in [6.45, 7) is 2.80. The van der Waals surface area contributed by atoms with Crippen molar-refractivity contribution in [3.63, 3.8) is 0 Å². The van der Waals surface area contributed by atoms with Gasteiger partial charge in [0.15, 0.2) is 5.69 Å². The highest BCUT2D eigenvalue weighted by atomic mass is 35.5. The number of hydrogen-bond donors (Lipinski definition) is 1. The SMILES string of the molecule is Cc1c(C(=O)N2CCC(CO)C2)nnn1-c1ccc(Cl)cc1F. The van der Waals surface area contributed by atoms with E-state index in [2.05, 4.69) is 10.3 Å². The van der Waals surface area contributed by atoms with Gasteiger partial charge in [-0.2, -0.15) is 0 Å². The van der Waals surface area contributed by atoms with Crippen LogP contribution in [-0.2, 0) is 0 Å². The number of rotatable bonds is 3. The molecule has 0 saturated carbocycles. The maximum Gasteiger partial charge on any atom is 0.276 e. The first-order valence-electron chi connectivity index (χ1n) is 7.29. The lowest BCUT2D eigenvalue weighted by molar-refractivity contribution is 0.0775. The van der Waals surface area contributed by atoms with E-state index in [1.54, 1.807) is 17.9 Å². The minimum absolute atomic E-state index is 0.0610. The van der Waals surface area contributed by atoms with Gasteiger partial charge >= 0.3 is 0 Å². The van der Waals surface area contributed by atoms with Crippen molar-refractivity contribution < 1.29 is 14.3 Å². The third kappa shape index (κ3) is 2.94. The summed E-state index contributed by atoms with van der Waals surface area (Å²) in [4.78, 5) is 14.2. The first-order chi connectivity index (χ1) is 11.0. The van der Waals surface area contributed by atoms with Crippen LogP contribution in [0.25, 0.3) is 5.69 Å². The number of aliphatic hydroxyl groups excluding tert-OH is 1. The number of benzene rings is 1. The van der Waals surface area contributed by atoms with E-state index in [4.69, 9.17) is 11.6 Å². The van der Waals surface area contributed by atoms with Crippen LogP contribution in [-0.4, -0.2) is 50.6 Å². The average molecular weight is 339 g/mol. The summed E-state index contributed by atoms with van der Waals surface area (Å²) in [7, 11) is 0. The zero-order valence-corrected chi connectivity index (χ0v) is 13.3. The van der Waals surface area contributed by atoms with Gasteiger partial charge in [-0.05, 0) is 31.5 Å². The van der Waals surface area contributed by atoms with Gasteiger partial charge in [0.2, 0.25) is 0 Å².